The number of primary amides is 1. The fraction of sp³-hybridized carbons (Fsp3) is 0.706. The van der Waals surface area contributed by atoms with Crippen molar-refractivity contribution >= 4 is 58.9 Å². The molecular formula is C51H76N6O10S. The van der Waals surface area contributed by atoms with E-state index in [0.717, 1.165) is 57.1 Å². The van der Waals surface area contributed by atoms with Crippen LogP contribution in [-0.4, -0.2) is 111 Å². The number of anilines is 1. The number of hydrogen-bond donors (Lipinski definition) is 7. The Morgan fingerprint density at radius 2 is 1.66 bits per heavy atom. The van der Waals surface area contributed by atoms with Gasteiger partial charge in [0, 0.05) is 65.7 Å². The van der Waals surface area contributed by atoms with Crippen LogP contribution in [0, 0.1) is 39.9 Å². The molecule has 2 unspecified atom stereocenters. The number of nitrogens with zero attached hydrogens (tertiary/aromatic N) is 1. The number of carboxylic acid groups (broad SMARTS) is 1. The van der Waals surface area contributed by atoms with Crippen molar-refractivity contribution in [1.29, 1.82) is 0 Å². The van der Waals surface area contributed by atoms with Gasteiger partial charge in [-0.3, -0.25) is 33.7 Å². The van der Waals surface area contributed by atoms with Gasteiger partial charge < -0.3 is 42.0 Å². The number of aliphatic hydroxyl groups excluding tert-OH is 1. The number of benzene rings is 1. The molecular weight excluding hydrogens is 889 g/mol. The second-order valence-corrected chi connectivity index (χ2v) is 22.7. The van der Waals surface area contributed by atoms with Crippen molar-refractivity contribution in [2.75, 3.05) is 17.6 Å². The zero-order valence-electron chi connectivity index (χ0n) is 40.9. The van der Waals surface area contributed by atoms with Gasteiger partial charge in [0.15, 0.2) is 0 Å². The van der Waals surface area contributed by atoms with E-state index >= 15 is 0 Å². The second kappa shape index (κ2) is 22.1. The van der Waals surface area contributed by atoms with Gasteiger partial charge in [-0.15, -0.1) is 18.3 Å². The Bertz CT molecular complexity index is 2040. The lowest BCUT2D eigenvalue weighted by Gasteiger charge is -2.61. The average molecular weight is 965 g/mol. The first-order valence-corrected chi connectivity index (χ1v) is 25.8. The number of esters is 1. The Balaban J connectivity index is 1.03. The maximum atomic E-state index is 13.9. The normalized spacial score (nSPS) is 33.0. The Hall–Kier alpha value is -4.48. The number of rotatable bonds is 20. The van der Waals surface area contributed by atoms with E-state index in [-0.39, 0.29) is 72.4 Å². The summed E-state index contributed by atoms with van der Waals surface area (Å²) in [6.45, 7) is 17.0. The van der Waals surface area contributed by atoms with Gasteiger partial charge in [-0.2, -0.15) is 0 Å². The lowest BCUT2D eigenvalue weighted by atomic mass is 9.44. The van der Waals surface area contributed by atoms with Crippen molar-refractivity contribution in [3.63, 3.8) is 0 Å². The molecule has 17 heteroatoms. The molecule has 2 aliphatic heterocycles. The molecule has 5 fully saturated rings. The number of thioether (sulfide) groups is 1. The minimum Gasteiger partial charge on any atom is -0.481 e. The first-order chi connectivity index (χ1) is 32.1. The molecule has 5 amide bonds. The molecule has 8 N–H and O–H groups in total. The van der Waals surface area contributed by atoms with Crippen molar-refractivity contribution in [3.8, 4) is 0 Å². The second-order valence-electron chi connectivity index (χ2n) is 21.4. The number of fused-ring (bicyclic) bond motifs is 2. The van der Waals surface area contributed by atoms with Crippen molar-refractivity contribution in [2.24, 2.45) is 45.7 Å². The highest BCUT2D eigenvalue weighted by atomic mass is 32.2. The number of ketones is 1. The Kier molecular flexibility index (Phi) is 17.2. The number of Topliss-reactive ketones (excluding diaryl/α,β-unsaturated/α-hetero) is 1. The van der Waals surface area contributed by atoms with Gasteiger partial charge >= 0.3 is 18.0 Å². The zero-order chi connectivity index (χ0) is 49.7. The van der Waals surface area contributed by atoms with Crippen molar-refractivity contribution in [1.82, 2.24) is 20.9 Å². The molecule has 376 valence electrons. The van der Waals surface area contributed by atoms with Crippen LogP contribution in [0.1, 0.15) is 131 Å². The van der Waals surface area contributed by atoms with Gasteiger partial charge in [0.25, 0.3) is 0 Å². The molecule has 6 rings (SSSR count). The number of carbonyl (C=O) groups excluding carboxylic acids is 6. The van der Waals surface area contributed by atoms with Crippen LogP contribution in [0.15, 0.2) is 36.9 Å². The number of aliphatic carboxylic acids is 1. The summed E-state index contributed by atoms with van der Waals surface area (Å²) in [5.41, 5.74) is 5.27. The number of aliphatic hydroxyl groups is 1. The molecule has 0 spiro atoms. The Morgan fingerprint density at radius 3 is 2.28 bits per heavy atom. The van der Waals surface area contributed by atoms with Crippen molar-refractivity contribution < 1.29 is 48.5 Å². The van der Waals surface area contributed by atoms with E-state index in [1.54, 1.807) is 25.6 Å². The number of amides is 5. The molecule has 0 radical (unpaired) electrons. The predicted octanol–water partition coefficient (Wildman–Crippen LogP) is 5.70. The third-order valence-corrected chi connectivity index (χ3v) is 18.1. The third kappa shape index (κ3) is 11.6. The standard InChI is InChI=1S/C51H76N6O10S/c1-8-49(6)26-39(50(7)30(4)19-21-51(31(5)45(49)63)22-20-38(58)44(50)51)67-42(62)28-68-36-24-34-15-16-35(25-36)57(34)27-32-11-13-33(14-12-32)54-46(64)37(10-9-23-53-48(52)66)55-47(65)43(29(2)3)56-40(59)17-18-41(60)61/h8,11-14,29-31,34-37,39,43-45,63H,1,9-10,15-28H2,2-7H3,(H,54,64)(H,55,65)(H,56,59)(H,60,61)(H3,52,53,66)/t30-,31+,34?,35?,36?,37+,39-,43+,44+,45+,49-,50+,51+/m1/s1. The van der Waals surface area contributed by atoms with E-state index in [2.05, 4.69) is 53.5 Å². The van der Waals surface area contributed by atoms with E-state index in [4.69, 9.17) is 15.6 Å². The molecule has 2 saturated heterocycles. The largest absolute Gasteiger partial charge is 0.481 e. The molecule has 1 aromatic carbocycles. The van der Waals surface area contributed by atoms with Crippen LogP contribution < -0.4 is 27.0 Å². The fourth-order valence-corrected chi connectivity index (χ4v) is 13.8. The number of hydrogen-bond acceptors (Lipinski definition) is 11. The number of carboxylic acids is 1. The Labute approximate surface area is 405 Å². The number of nitrogens with one attached hydrogen (secondary N) is 4. The fourth-order valence-electron chi connectivity index (χ4n) is 12.7. The number of carbonyl (C=O) groups is 7. The van der Waals surface area contributed by atoms with Crippen LogP contribution in [0.2, 0.25) is 0 Å². The van der Waals surface area contributed by atoms with Gasteiger partial charge in [-0.05, 0) is 105 Å². The van der Waals surface area contributed by atoms with Crippen LogP contribution in [0.25, 0.3) is 0 Å². The number of nitrogens with two attached hydrogens (primary N) is 1. The van der Waals surface area contributed by atoms with E-state index in [0.29, 0.717) is 42.3 Å². The summed E-state index contributed by atoms with van der Waals surface area (Å²) >= 11 is 1.67. The highest BCUT2D eigenvalue weighted by molar-refractivity contribution is 8.00. The summed E-state index contributed by atoms with van der Waals surface area (Å²) < 4.78 is 6.54. The number of piperidine rings is 1. The summed E-state index contributed by atoms with van der Waals surface area (Å²) in [7, 11) is 0. The van der Waals surface area contributed by atoms with Gasteiger partial charge in [-0.25, -0.2) is 4.79 Å². The third-order valence-electron chi connectivity index (χ3n) is 16.9. The maximum absolute atomic E-state index is 13.9. The van der Waals surface area contributed by atoms with E-state index in [1.165, 1.54) is 0 Å². The summed E-state index contributed by atoms with van der Waals surface area (Å²) in [5.74, 6) is -3.13. The lowest BCUT2D eigenvalue weighted by Crippen LogP contribution is -2.63. The molecule has 1 aromatic rings. The summed E-state index contributed by atoms with van der Waals surface area (Å²) in [5, 5.41) is 31.9. The first-order valence-electron chi connectivity index (χ1n) is 24.8. The van der Waals surface area contributed by atoms with Crippen LogP contribution in [0.3, 0.4) is 0 Å². The molecule has 68 heavy (non-hydrogen) atoms. The van der Waals surface area contributed by atoms with Gasteiger partial charge in [-0.1, -0.05) is 59.8 Å². The summed E-state index contributed by atoms with van der Waals surface area (Å²) in [6, 6.07) is 5.57. The van der Waals surface area contributed by atoms with Gasteiger partial charge in [0.05, 0.1) is 18.3 Å². The minimum absolute atomic E-state index is 0.0826. The van der Waals surface area contributed by atoms with E-state index in [9.17, 15) is 38.7 Å². The molecule has 4 bridgehead atoms. The van der Waals surface area contributed by atoms with Crippen molar-refractivity contribution in [2.45, 2.75) is 173 Å². The topological polar surface area (TPSA) is 247 Å². The highest BCUT2D eigenvalue weighted by Crippen LogP contribution is 2.68. The number of urea groups is 1. The van der Waals surface area contributed by atoms with Gasteiger partial charge in [0.1, 0.15) is 24.0 Å². The first kappa shape index (κ1) is 52.9. The summed E-state index contributed by atoms with van der Waals surface area (Å²) in [4.78, 5) is 92.0. The number of ether oxygens (including phenoxy) is 1. The smallest absolute Gasteiger partial charge is 0.316 e. The lowest BCUT2D eigenvalue weighted by molar-refractivity contribution is -0.205. The molecule has 12 atom stereocenters. The van der Waals surface area contributed by atoms with E-state index in [1.807, 2.05) is 37.3 Å². The van der Waals surface area contributed by atoms with Crippen LogP contribution in [0.4, 0.5) is 10.5 Å². The van der Waals surface area contributed by atoms with Gasteiger partial charge in [0.2, 0.25) is 17.7 Å². The predicted molar refractivity (Wildman–Crippen MR) is 260 cm³/mol. The van der Waals surface area contributed by atoms with Crippen LogP contribution in [0.5, 0.6) is 0 Å². The molecule has 0 aromatic heterocycles. The molecule has 5 aliphatic rings. The maximum Gasteiger partial charge on any atom is 0.316 e. The highest BCUT2D eigenvalue weighted by Gasteiger charge is 2.68. The SMILES string of the molecule is C=C[C@]1(C)C[C@@H](OC(=O)CSC2CC3CCC(C2)N3Cc2ccc(NC(=O)[C@H](CCCNC(N)=O)NC(=O)[C@@H](NC(=O)CCC(=O)O)C(C)C)cc2)[C@]2(C)[C@H](C)CC[C@]3(CCC(=O)[C@H]32)[C@@H](C)[C@@H]1O. The molecule has 2 heterocycles. The molecule has 3 saturated carbocycles. The van der Waals surface area contributed by atoms with Crippen molar-refractivity contribution in [3.05, 3.63) is 42.5 Å². The average Bonchev–Trinajstić information content (AvgIpc) is 3.75. The Morgan fingerprint density at radius 1 is 0.985 bits per heavy atom. The molecule has 16 nitrogen and oxygen atoms in total. The van der Waals surface area contributed by atoms with Crippen LogP contribution >= 0.6 is 11.8 Å². The monoisotopic (exact) mass is 965 g/mol. The summed E-state index contributed by atoms with van der Waals surface area (Å²) in [6.07, 6.45) is 7.96. The zero-order valence-corrected chi connectivity index (χ0v) is 41.7. The van der Waals surface area contributed by atoms with E-state index < -0.39 is 64.8 Å². The quantitative estimate of drug-likeness (QED) is 0.0473. The minimum atomic E-state index is -1.13. The van der Waals surface area contributed by atoms with Crippen LogP contribution in [-0.2, 0) is 40.0 Å². The molecule has 3 aliphatic carbocycles.